The predicted octanol–water partition coefficient (Wildman–Crippen LogP) is 5.36. The molecule has 0 atom stereocenters. The van der Waals surface area contributed by atoms with Crippen molar-refractivity contribution in [3.8, 4) is 28.7 Å². The molecule has 4 aromatic rings. The predicted molar refractivity (Wildman–Crippen MR) is 139 cm³/mol. The number of nitriles is 1. The topological polar surface area (TPSA) is 95.4 Å². The molecular formula is C29H25N3O4. The minimum absolute atomic E-state index is 0.0215. The lowest BCUT2D eigenvalue weighted by molar-refractivity contribution is -0.119. The summed E-state index contributed by atoms with van der Waals surface area (Å²) in [6, 6.07) is 27.6. The summed E-state index contributed by atoms with van der Waals surface area (Å²) in [6.07, 6.45) is 0. The van der Waals surface area contributed by atoms with Gasteiger partial charge in [-0.05, 0) is 61.9 Å². The first-order valence-corrected chi connectivity index (χ1v) is 11.5. The lowest BCUT2D eigenvalue weighted by Gasteiger charge is -2.23. The zero-order chi connectivity index (χ0) is 25.5. The first-order valence-electron chi connectivity index (χ1n) is 11.5. The summed E-state index contributed by atoms with van der Waals surface area (Å²) in [4.78, 5) is 29.8. The van der Waals surface area contributed by atoms with E-state index >= 15 is 0 Å². The van der Waals surface area contributed by atoms with Crippen molar-refractivity contribution in [2.75, 3.05) is 18.1 Å². The van der Waals surface area contributed by atoms with Gasteiger partial charge in [-0.3, -0.25) is 14.5 Å². The fraction of sp³-hybridized carbons (Fsp3) is 0.138. The number of hydrogen-bond donors (Lipinski definition) is 1. The van der Waals surface area contributed by atoms with Gasteiger partial charge in [0, 0.05) is 22.6 Å². The smallest absolute Gasteiger partial charge is 0.269 e. The summed E-state index contributed by atoms with van der Waals surface area (Å²) >= 11 is 0. The normalized spacial score (nSPS) is 10.4. The van der Waals surface area contributed by atoms with E-state index in [1.54, 1.807) is 36.1 Å². The van der Waals surface area contributed by atoms with Crippen LogP contribution in [-0.4, -0.2) is 24.1 Å². The monoisotopic (exact) mass is 479 g/mol. The molecule has 0 aliphatic rings. The van der Waals surface area contributed by atoms with Gasteiger partial charge in [-0.25, -0.2) is 0 Å². The van der Waals surface area contributed by atoms with Crippen molar-refractivity contribution in [3.63, 3.8) is 0 Å². The van der Waals surface area contributed by atoms with Crippen LogP contribution >= 0.6 is 0 Å². The Hall–Kier alpha value is -4.83. The summed E-state index contributed by atoms with van der Waals surface area (Å²) in [7, 11) is 0. The molecule has 0 unspecified atom stereocenters. The number of rotatable bonds is 8. The summed E-state index contributed by atoms with van der Waals surface area (Å²) in [5.41, 5.74) is 2.81. The molecule has 7 heteroatoms. The van der Waals surface area contributed by atoms with E-state index in [-0.39, 0.29) is 18.1 Å². The quantitative estimate of drug-likeness (QED) is 0.367. The van der Waals surface area contributed by atoms with Crippen molar-refractivity contribution in [2.45, 2.75) is 13.8 Å². The minimum atomic E-state index is -0.446. The van der Waals surface area contributed by atoms with Crippen LogP contribution in [0.1, 0.15) is 18.2 Å². The Kier molecular flexibility index (Phi) is 7.47. The van der Waals surface area contributed by atoms with Crippen molar-refractivity contribution < 1.29 is 14.3 Å². The molecule has 180 valence electrons. The number of hydrogen-bond acceptors (Lipinski definition) is 5. The highest BCUT2D eigenvalue weighted by Gasteiger charge is 2.20. The molecule has 0 spiro atoms. The number of aromatic nitrogens is 1. The first-order chi connectivity index (χ1) is 17.5. The van der Waals surface area contributed by atoms with Gasteiger partial charge < -0.3 is 14.5 Å². The summed E-state index contributed by atoms with van der Waals surface area (Å²) in [5, 5.41) is 9.50. The average Bonchev–Trinajstić information content (AvgIpc) is 2.89. The molecule has 0 radical (unpaired) electrons. The highest BCUT2D eigenvalue weighted by molar-refractivity contribution is 6.01. The maximum atomic E-state index is 13.3. The van der Waals surface area contributed by atoms with Crippen molar-refractivity contribution in [1.82, 2.24) is 4.98 Å². The number of anilines is 2. The van der Waals surface area contributed by atoms with Crippen molar-refractivity contribution in [1.29, 1.82) is 5.26 Å². The fourth-order valence-electron chi connectivity index (χ4n) is 3.89. The lowest BCUT2D eigenvalue weighted by Crippen LogP contribution is -2.31. The van der Waals surface area contributed by atoms with E-state index in [4.69, 9.17) is 9.47 Å². The fourth-order valence-corrected chi connectivity index (χ4v) is 3.89. The molecular weight excluding hydrogens is 454 g/mol. The molecule has 0 saturated carbocycles. The third-order valence-corrected chi connectivity index (χ3v) is 5.46. The number of nitrogens with zero attached hydrogens (tertiary/aromatic N) is 2. The van der Waals surface area contributed by atoms with Gasteiger partial charge in [0.15, 0.2) is 18.1 Å². The molecule has 1 heterocycles. The molecule has 36 heavy (non-hydrogen) atoms. The van der Waals surface area contributed by atoms with Crippen LogP contribution in [0.4, 0.5) is 11.4 Å². The molecule has 0 aliphatic heterocycles. The van der Waals surface area contributed by atoms with Gasteiger partial charge in [0.2, 0.25) is 0 Å². The number of amides is 1. The number of pyridine rings is 1. The number of aryl methyl sites for hydroxylation is 1. The Morgan fingerprint density at radius 2 is 1.56 bits per heavy atom. The van der Waals surface area contributed by atoms with Gasteiger partial charge in [-0.1, -0.05) is 42.5 Å². The summed E-state index contributed by atoms with van der Waals surface area (Å²) in [5.74, 6) is 0.543. The molecule has 4 rings (SSSR count). The Bertz CT molecular complexity index is 1420. The molecule has 1 amide bonds. The van der Waals surface area contributed by atoms with Crippen LogP contribution in [0.15, 0.2) is 89.7 Å². The number of benzene rings is 3. The maximum Gasteiger partial charge on any atom is 0.269 e. The van der Waals surface area contributed by atoms with Crippen molar-refractivity contribution in [3.05, 3.63) is 107 Å². The molecule has 1 N–H and O–H groups in total. The molecule has 3 aromatic carbocycles. The van der Waals surface area contributed by atoms with E-state index in [9.17, 15) is 14.9 Å². The Balaban J connectivity index is 1.63. The van der Waals surface area contributed by atoms with Gasteiger partial charge in [0.25, 0.3) is 11.5 Å². The molecule has 0 aliphatic carbocycles. The van der Waals surface area contributed by atoms with Gasteiger partial charge in [0.1, 0.15) is 11.6 Å². The van der Waals surface area contributed by atoms with Gasteiger partial charge in [-0.2, -0.15) is 5.26 Å². The zero-order valence-corrected chi connectivity index (χ0v) is 20.0. The number of aromatic amines is 1. The summed E-state index contributed by atoms with van der Waals surface area (Å²) < 4.78 is 11.7. The van der Waals surface area contributed by atoms with Crippen molar-refractivity contribution in [2.24, 2.45) is 0 Å². The van der Waals surface area contributed by atoms with Gasteiger partial charge in [-0.15, -0.1) is 0 Å². The highest BCUT2D eigenvalue weighted by atomic mass is 16.5. The maximum absolute atomic E-state index is 13.3. The van der Waals surface area contributed by atoms with Crippen LogP contribution < -0.4 is 19.9 Å². The zero-order valence-electron chi connectivity index (χ0n) is 20.0. The number of carbonyl (C=O) groups excluding carboxylic acids is 1. The second-order valence-electron chi connectivity index (χ2n) is 7.97. The van der Waals surface area contributed by atoms with E-state index in [2.05, 4.69) is 4.98 Å². The second kappa shape index (κ2) is 11.1. The number of ether oxygens (including phenoxy) is 2. The molecule has 0 fully saturated rings. The number of nitrogens with one attached hydrogen (secondary N) is 1. The molecule has 0 saturated heterocycles. The van der Waals surface area contributed by atoms with Crippen LogP contribution in [-0.2, 0) is 4.79 Å². The minimum Gasteiger partial charge on any atom is -0.490 e. The molecule has 7 nitrogen and oxygen atoms in total. The number of H-pyrrole nitrogens is 1. The van der Waals surface area contributed by atoms with Crippen LogP contribution in [0, 0.1) is 18.3 Å². The van der Waals surface area contributed by atoms with Crippen LogP contribution in [0.2, 0.25) is 0 Å². The Morgan fingerprint density at radius 3 is 2.14 bits per heavy atom. The first kappa shape index (κ1) is 24.3. The second-order valence-corrected chi connectivity index (χ2v) is 7.97. The molecule has 1 aromatic heterocycles. The van der Waals surface area contributed by atoms with Crippen LogP contribution in [0.3, 0.4) is 0 Å². The average molecular weight is 480 g/mol. The third-order valence-electron chi connectivity index (χ3n) is 5.46. The van der Waals surface area contributed by atoms with E-state index in [0.717, 1.165) is 11.4 Å². The van der Waals surface area contributed by atoms with E-state index in [0.29, 0.717) is 34.9 Å². The Labute approximate surface area is 209 Å². The van der Waals surface area contributed by atoms with Crippen LogP contribution in [0.5, 0.6) is 11.5 Å². The van der Waals surface area contributed by atoms with Gasteiger partial charge >= 0.3 is 0 Å². The lowest BCUT2D eigenvalue weighted by atomic mass is 10.0. The van der Waals surface area contributed by atoms with E-state index in [1.807, 2.05) is 73.7 Å². The van der Waals surface area contributed by atoms with Gasteiger partial charge in [0.05, 0.1) is 6.61 Å². The largest absolute Gasteiger partial charge is 0.490 e. The standard InChI is InChI=1S/C29H25N3O4/c1-3-35-27-17-21(24-16-20(2)31-29(34)25(24)18-30)14-15-26(27)36-19-28(33)32(22-10-6-4-7-11-22)23-12-8-5-9-13-23/h4-17H,3,19H2,1-2H3,(H,31,34). The Morgan fingerprint density at radius 1 is 0.917 bits per heavy atom. The van der Waals surface area contributed by atoms with E-state index in [1.165, 1.54) is 0 Å². The van der Waals surface area contributed by atoms with E-state index < -0.39 is 5.56 Å². The number of carbonyl (C=O) groups is 1. The van der Waals surface area contributed by atoms with Crippen molar-refractivity contribution >= 4 is 17.3 Å². The SMILES string of the molecule is CCOc1cc(-c2cc(C)[nH]c(=O)c2C#N)ccc1OCC(=O)N(c1ccccc1)c1ccccc1. The summed E-state index contributed by atoms with van der Waals surface area (Å²) in [6.45, 7) is 3.74. The third kappa shape index (κ3) is 5.29. The highest BCUT2D eigenvalue weighted by Crippen LogP contribution is 2.34. The molecule has 0 bridgehead atoms. The van der Waals surface area contributed by atoms with Crippen LogP contribution in [0.25, 0.3) is 11.1 Å². The number of para-hydroxylation sites is 2.